The van der Waals surface area contributed by atoms with Crippen LogP contribution in [-0.4, -0.2) is 91.0 Å². The van der Waals surface area contributed by atoms with Gasteiger partial charge in [0.2, 0.25) is 24.4 Å². The predicted octanol–water partition coefficient (Wildman–Crippen LogP) is 3.04. The first-order valence-corrected chi connectivity index (χ1v) is 13.8. The van der Waals surface area contributed by atoms with E-state index in [4.69, 9.17) is 23.5 Å². The Kier molecular flexibility index (Phi) is 7.74. The average Bonchev–Trinajstić information content (AvgIpc) is 3.66. The second-order valence-electron chi connectivity index (χ2n) is 10.4. The van der Waals surface area contributed by atoms with Crippen molar-refractivity contribution >= 4 is 5.91 Å². The SMILES string of the molecule is COc1ccc(-c2noc(CN3CCCC(C(=O)N4CCN(Cc5ccc6c(c5)OCO6)CC4)C3)n2)cc1OC. The fraction of sp³-hybridized carbons (Fsp3) is 0.483. The van der Waals surface area contributed by atoms with Gasteiger partial charge in [-0.2, -0.15) is 4.98 Å². The van der Waals surface area contributed by atoms with E-state index in [0.717, 1.165) is 69.2 Å². The lowest BCUT2D eigenvalue weighted by Crippen LogP contribution is -2.52. The molecule has 11 heteroatoms. The smallest absolute Gasteiger partial charge is 0.241 e. The molecule has 3 aliphatic heterocycles. The van der Waals surface area contributed by atoms with E-state index >= 15 is 0 Å². The van der Waals surface area contributed by atoms with Crippen molar-refractivity contribution in [3.05, 3.63) is 47.9 Å². The number of hydrogen-bond donors (Lipinski definition) is 0. The number of hydrogen-bond acceptors (Lipinski definition) is 10. The molecule has 2 fully saturated rings. The van der Waals surface area contributed by atoms with Crippen LogP contribution < -0.4 is 18.9 Å². The number of carbonyl (C=O) groups is 1. The minimum absolute atomic E-state index is 0.0117. The molecule has 0 radical (unpaired) electrons. The number of nitrogens with zero attached hydrogens (tertiary/aromatic N) is 5. The first-order chi connectivity index (χ1) is 19.6. The number of carbonyl (C=O) groups excluding carboxylic acids is 1. The number of methoxy groups -OCH3 is 2. The van der Waals surface area contributed by atoms with E-state index in [1.54, 1.807) is 14.2 Å². The highest BCUT2D eigenvalue weighted by Crippen LogP contribution is 2.33. The zero-order chi connectivity index (χ0) is 27.5. The molecule has 1 unspecified atom stereocenters. The third-order valence-electron chi connectivity index (χ3n) is 7.85. The standard InChI is InChI=1S/C29H35N5O6/c1-36-23-8-6-21(15-25(23)37-2)28-30-27(40-31-28)18-33-9-3-4-22(17-33)29(35)34-12-10-32(11-13-34)16-20-5-7-24-26(14-20)39-19-38-24/h5-8,14-15,22H,3-4,9-13,16-19H2,1-2H3. The Morgan fingerprint density at radius 3 is 2.58 bits per heavy atom. The van der Waals surface area contributed by atoms with E-state index in [1.807, 2.05) is 29.2 Å². The van der Waals surface area contributed by atoms with Crippen LogP contribution in [0.3, 0.4) is 0 Å². The highest BCUT2D eigenvalue weighted by Gasteiger charge is 2.32. The summed E-state index contributed by atoms with van der Waals surface area (Å²) in [6.07, 6.45) is 1.88. The monoisotopic (exact) mass is 549 g/mol. The molecule has 2 aromatic carbocycles. The van der Waals surface area contributed by atoms with Crippen LogP contribution in [0, 0.1) is 5.92 Å². The van der Waals surface area contributed by atoms with Gasteiger partial charge in [0.25, 0.3) is 0 Å². The number of benzene rings is 2. The van der Waals surface area contributed by atoms with Crippen molar-refractivity contribution < 1.29 is 28.3 Å². The molecule has 1 amide bonds. The summed E-state index contributed by atoms with van der Waals surface area (Å²) in [6.45, 7) is 6.46. The fourth-order valence-corrected chi connectivity index (χ4v) is 5.69. The van der Waals surface area contributed by atoms with Crippen molar-refractivity contribution in [1.29, 1.82) is 0 Å². The number of ether oxygens (including phenoxy) is 4. The summed E-state index contributed by atoms with van der Waals surface area (Å²) in [5.74, 6) is 4.15. The van der Waals surface area contributed by atoms with Crippen LogP contribution >= 0.6 is 0 Å². The Morgan fingerprint density at radius 2 is 1.75 bits per heavy atom. The van der Waals surface area contributed by atoms with Gasteiger partial charge in [-0.25, -0.2) is 0 Å². The summed E-state index contributed by atoms with van der Waals surface area (Å²) >= 11 is 0. The molecule has 3 aliphatic rings. The van der Waals surface area contributed by atoms with Crippen LogP contribution in [0.1, 0.15) is 24.3 Å². The summed E-state index contributed by atoms with van der Waals surface area (Å²) in [5.41, 5.74) is 1.99. The molecule has 1 aromatic heterocycles. The average molecular weight is 550 g/mol. The normalized spacial score (nSPS) is 19.6. The lowest BCUT2D eigenvalue weighted by molar-refractivity contribution is -0.139. The van der Waals surface area contributed by atoms with Crippen molar-refractivity contribution in [2.24, 2.45) is 5.92 Å². The largest absolute Gasteiger partial charge is 0.493 e. The molecule has 40 heavy (non-hydrogen) atoms. The van der Waals surface area contributed by atoms with Crippen molar-refractivity contribution in [1.82, 2.24) is 24.8 Å². The molecule has 0 aliphatic carbocycles. The lowest BCUT2D eigenvalue weighted by Gasteiger charge is -2.38. The Morgan fingerprint density at radius 1 is 0.925 bits per heavy atom. The quantitative estimate of drug-likeness (QED) is 0.417. The van der Waals surface area contributed by atoms with E-state index in [9.17, 15) is 4.79 Å². The van der Waals surface area contributed by atoms with Gasteiger partial charge in [-0.05, 0) is 55.3 Å². The maximum Gasteiger partial charge on any atom is 0.241 e. The lowest BCUT2D eigenvalue weighted by atomic mass is 9.96. The third kappa shape index (κ3) is 5.71. The van der Waals surface area contributed by atoms with E-state index < -0.39 is 0 Å². The number of rotatable bonds is 8. The highest BCUT2D eigenvalue weighted by molar-refractivity contribution is 5.79. The minimum Gasteiger partial charge on any atom is -0.493 e. The van der Waals surface area contributed by atoms with Gasteiger partial charge in [0.05, 0.1) is 26.7 Å². The summed E-state index contributed by atoms with van der Waals surface area (Å²) in [6, 6.07) is 11.6. The maximum atomic E-state index is 13.4. The van der Waals surface area contributed by atoms with Gasteiger partial charge in [-0.15, -0.1) is 0 Å². The molecule has 0 spiro atoms. The first kappa shape index (κ1) is 26.4. The molecule has 6 rings (SSSR count). The number of fused-ring (bicyclic) bond motifs is 1. The van der Waals surface area contributed by atoms with E-state index in [2.05, 4.69) is 32.1 Å². The first-order valence-electron chi connectivity index (χ1n) is 13.8. The number of aromatic nitrogens is 2. The molecule has 212 valence electrons. The van der Waals surface area contributed by atoms with Crippen LogP contribution in [0.15, 0.2) is 40.9 Å². The van der Waals surface area contributed by atoms with Gasteiger partial charge in [0.15, 0.2) is 23.0 Å². The molecular formula is C29H35N5O6. The van der Waals surface area contributed by atoms with Crippen LogP contribution in [0.4, 0.5) is 0 Å². The predicted molar refractivity (Wildman–Crippen MR) is 145 cm³/mol. The molecular weight excluding hydrogens is 514 g/mol. The van der Waals surface area contributed by atoms with Crippen molar-refractivity contribution in [2.75, 3.05) is 60.3 Å². The molecule has 1 atom stereocenters. The zero-order valence-electron chi connectivity index (χ0n) is 23.0. The summed E-state index contributed by atoms with van der Waals surface area (Å²) < 4.78 is 27.2. The van der Waals surface area contributed by atoms with E-state index in [0.29, 0.717) is 36.3 Å². The van der Waals surface area contributed by atoms with Gasteiger partial charge in [-0.1, -0.05) is 11.2 Å². The summed E-state index contributed by atoms with van der Waals surface area (Å²) in [5, 5.41) is 4.16. The topological polar surface area (TPSA) is 103 Å². The Hall–Kier alpha value is -3.83. The highest BCUT2D eigenvalue weighted by atomic mass is 16.7. The minimum atomic E-state index is -0.0117. The van der Waals surface area contributed by atoms with Crippen LogP contribution in [0.2, 0.25) is 0 Å². The number of piperidine rings is 1. The van der Waals surface area contributed by atoms with Gasteiger partial charge in [-0.3, -0.25) is 14.6 Å². The van der Waals surface area contributed by atoms with Gasteiger partial charge < -0.3 is 28.4 Å². The summed E-state index contributed by atoms with van der Waals surface area (Å²) in [7, 11) is 3.20. The Balaban J connectivity index is 1.00. The summed E-state index contributed by atoms with van der Waals surface area (Å²) in [4.78, 5) is 24.7. The molecule has 11 nitrogen and oxygen atoms in total. The molecule has 4 heterocycles. The Labute approximate surface area is 233 Å². The second kappa shape index (κ2) is 11.7. The molecule has 2 saturated heterocycles. The number of likely N-dealkylation sites (tertiary alicyclic amines) is 1. The van der Waals surface area contributed by atoms with Crippen molar-refractivity contribution in [2.45, 2.75) is 25.9 Å². The second-order valence-corrected chi connectivity index (χ2v) is 10.4. The fourth-order valence-electron chi connectivity index (χ4n) is 5.69. The van der Waals surface area contributed by atoms with Crippen molar-refractivity contribution in [3.8, 4) is 34.4 Å². The number of piperazine rings is 1. The zero-order valence-corrected chi connectivity index (χ0v) is 23.0. The molecule has 0 saturated carbocycles. The van der Waals surface area contributed by atoms with Gasteiger partial charge in [0.1, 0.15) is 0 Å². The van der Waals surface area contributed by atoms with Gasteiger partial charge >= 0.3 is 0 Å². The molecule has 0 bridgehead atoms. The van der Waals surface area contributed by atoms with Gasteiger partial charge in [0, 0.05) is 44.8 Å². The van der Waals surface area contributed by atoms with Crippen molar-refractivity contribution in [3.63, 3.8) is 0 Å². The van der Waals surface area contributed by atoms with Crippen LogP contribution in [0.25, 0.3) is 11.4 Å². The van der Waals surface area contributed by atoms with Crippen LogP contribution in [0.5, 0.6) is 23.0 Å². The Bertz CT molecular complexity index is 1340. The van der Waals surface area contributed by atoms with E-state index in [-0.39, 0.29) is 18.6 Å². The third-order valence-corrected chi connectivity index (χ3v) is 7.85. The number of amides is 1. The van der Waals surface area contributed by atoms with Crippen LogP contribution in [-0.2, 0) is 17.9 Å². The molecule has 0 N–H and O–H groups in total. The van der Waals surface area contributed by atoms with E-state index in [1.165, 1.54) is 5.56 Å². The molecule has 3 aromatic rings. The maximum absolute atomic E-state index is 13.4.